The number of carbonyl (C=O) groups excluding carboxylic acids is 1. The van der Waals surface area contributed by atoms with Gasteiger partial charge in [0.25, 0.3) is 0 Å². The molecule has 3 aromatic rings. The molecule has 0 aliphatic heterocycles. The van der Waals surface area contributed by atoms with Crippen molar-refractivity contribution in [2.75, 3.05) is 6.61 Å². The third kappa shape index (κ3) is 3.43. The van der Waals surface area contributed by atoms with Crippen molar-refractivity contribution in [3.8, 4) is 0 Å². The van der Waals surface area contributed by atoms with Gasteiger partial charge in [-0.15, -0.1) is 0 Å². The Morgan fingerprint density at radius 1 is 1.23 bits per heavy atom. The highest BCUT2D eigenvalue weighted by Gasteiger charge is 2.18. The summed E-state index contributed by atoms with van der Waals surface area (Å²) in [5.74, 6) is -0.317. The molecule has 2 aromatic carbocycles. The lowest BCUT2D eigenvalue weighted by molar-refractivity contribution is 0.0550. The number of hydrogen-bond acceptors (Lipinski definition) is 2. The van der Waals surface area contributed by atoms with E-state index in [0.29, 0.717) is 5.56 Å². The summed E-state index contributed by atoms with van der Waals surface area (Å²) in [7, 11) is 0. The first-order chi connectivity index (χ1) is 12.4. The number of rotatable bonds is 5. The van der Waals surface area contributed by atoms with Gasteiger partial charge in [0, 0.05) is 20.2 Å². The average Bonchev–Trinajstić information content (AvgIpc) is 2.90. The van der Waals surface area contributed by atoms with Crippen LogP contribution >= 0.6 is 22.6 Å². The van der Waals surface area contributed by atoms with Gasteiger partial charge in [0.05, 0.1) is 11.6 Å². The Labute approximate surface area is 167 Å². The van der Waals surface area contributed by atoms with Crippen LogP contribution in [0.25, 0.3) is 10.9 Å². The Morgan fingerprint density at radius 2 is 1.92 bits per heavy atom. The summed E-state index contributed by atoms with van der Waals surface area (Å²) in [5.41, 5.74) is 5.37. The molecule has 0 aliphatic rings. The molecule has 0 spiro atoms. The summed E-state index contributed by atoms with van der Waals surface area (Å²) >= 11 is 2.32. The lowest BCUT2D eigenvalue weighted by Gasteiger charge is -2.18. The second-order valence-electron chi connectivity index (χ2n) is 6.43. The first-order valence-electron chi connectivity index (χ1n) is 8.58. The first kappa shape index (κ1) is 18.7. The number of nitrogens with zero attached hydrogens (tertiary/aromatic N) is 1. The van der Waals surface area contributed by atoms with E-state index >= 15 is 0 Å². The van der Waals surface area contributed by atoms with E-state index in [2.05, 4.69) is 78.8 Å². The van der Waals surface area contributed by atoms with Gasteiger partial charge >= 0.3 is 5.97 Å². The highest BCUT2D eigenvalue weighted by atomic mass is 127. The third-order valence-electron chi connectivity index (χ3n) is 4.87. The third-order valence-corrected chi connectivity index (χ3v) is 5.59. The van der Waals surface area contributed by atoms with Crippen LogP contribution in [0.1, 0.15) is 40.1 Å². The fourth-order valence-corrected chi connectivity index (χ4v) is 3.70. The van der Waals surface area contributed by atoms with Crippen molar-refractivity contribution in [2.24, 2.45) is 0 Å². The maximum atomic E-state index is 12.2. The molecule has 0 bridgehead atoms. The maximum Gasteiger partial charge on any atom is 0.338 e. The number of halogens is 1. The molecule has 4 heteroatoms. The van der Waals surface area contributed by atoms with Gasteiger partial charge in [-0.1, -0.05) is 24.8 Å². The molecule has 1 aromatic heterocycles. The molecule has 1 heterocycles. The van der Waals surface area contributed by atoms with Crippen molar-refractivity contribution < 1.29 is 9.53 Å². The van der Waals surface area contributed by atoms with Gasteiger partial charge in [-0.2, -0.15) is 0 Å². The summed E-state index contributed by atoms with van der Waals surface area (Å²) in [6.45, 7) is 10.2. The van der Waals surface area contributed by atoms with Crippen molar-refractivity contribution >= 4 is 39.5 Å². The fourth-order valence-electron chi connectivity index (χ4n) is 3.34. The number of carbonyl (C=O) groups is 1. The summed E-state index contributed by atoms with van der Waals surface area (Å²) in [6, 6.07) is 14.6. The number of aromatic nitrogens is 1. The normalized spacial score (nSPS) is 12.2. The molecule has 1 unspecified atom stereocenters. The minimum atomic E-state index is -0.317. The highest BCUT2D eigenvalue weighted by Crippen LogP contribution is 2.32. The number of hydrogen-bond donors (Lipinski definition) is 0. The molecule has 0 N–H and O–H groups in total. The number of benzene rings is 2. The summed E-state index contributed by atoms with van der Waals surface area (Å²) in [5, 5.41) is 1.09. The van der Waals surface area contributed by atoms with Crippen LogP contribution in [-0.4, -0.2) is 17.1 Å². The van der Waals surface area contributed by atoms with E-state index in [1.807, 2.05) is 18.2 Å². The van der Waals surface area contributed by atoms with E-state index in [4.69, 9.17) is 4.74 Å². The van der Waals surface area contributed by atoms with Gasteiger partial charge in [0.1, 0.15) is 6.61 Å². The zero-order valence-electron chi connectivity index (χ0n) is 15.3. The van der Waals surface area contributed by atoms with Crippen molar-refractivity contribution in [3.05, 3.63) is 81.1 Å². The summed E-state index contributed by atoms with van der Waals surface area (Å²) in [6.07, 6.45) is 1.57. The van der Waals surface area contributed by atoms with Crippen LogP contribution in [0.15, 0.2) is 55.1 Å². The van der Waals surface area contributed by atoms with Crippen molar-refractivity contribution in [1.29, 1.82) is 0 Å². The monoisotopic (exact) mass is 459 g/mol. The van der Waals surface area contributed by atoms with Crippen LogP contribution in [0.2, 0.25) is 0 Å². The molecule has 3 nitrogen and oxygen atoms in total. The molecule has 0 radical (unpaired) electrons. The lowest BCUT2D eigenvalue weighted by atomic mass is 10.1. The lowest BCUT2D eigenvalue weighted by Crippen LogP contribution is -2.09. The van der Waals surface area contributed by atoms with Crippen molar-refractivity contribution in [2.45, 2.75) is 26.8 Å². The van der Waals surface area contributed by atoms with Crippen LogP contribution in [0.4, 0.5) is 0 Å². The van der Waals surface area contributed by atoms with Gasteiger partial charge in [0.15, 0.2) is 0 Å². The van der Waals surface area contributed by atoms with Crippen LogP contribution in [-0.2, 0) is 4.74 Å². The standard InChI is InChI=1S/C22H22INO2/c1-5-12-26-22(25)18-8-11-21-20(13-18)14(2)15(3)24(21)16(4)17-6-9-19(23)10-7-17/h5-11,13,16H,1,12H2,2-4H3. The molecule has 3 rings (SSSR count). The maximum absolute atomic E-state index is 12.2. The molecule has 0 saturated carbocycles. The summed E-state index contributed by atoms with van der Waals surface area (Å²) in [4.78, 5) is 12.2. The zero-order chi connectivity index (χ0) is 18.8. The van der Waals surface area contributed by atoms with Crippen LogP contribution < -0.4 is 0 Å². The average molecular weight is 459 g/mol. The molecule has 0 fully saturated rings. The van der Waals surface area contributed by atoms with Crippen molar-refractivity contribution in [3.63, 3.8) is 0 Å². The first-order valence-corrected chi connectivity index (χ1v) is 9.66. The summed E-state index contributed by atoms with van der Waals surface area (Å²) < 4.78 is 8.73. The van der Waals surface area contributed by atoms with Crippen LogP contribution in [0.5, 0.6) is 0 Å². The predicted octanol–water partition coefficient (Wildman–Crippen LogP) is 5.81. The largest absolute Gasteiger partial charge is 0.458 e. The molecular formula is C22H22INO2. The van der Waals surface area contributed by atoms with Gasteiger partial charge < -0.3 is 9.30 Å². The minimum Gasteiger partial charge on any atom is -0.458 e. The predicted molar refractivity (Wildman–Crippen MR) is 115 cm³/mol. The van der Waals surface area contributed by atoms with Gasteiger partial charge in [0.2, 0.25) is 0 Å². The molecule has 0 aliphatic carbocycles. The second kappa shape index (κ2) is 7.66. The smallest absolute Gasteiger partial charge is 0.338 e. The minimum absolute atomic E-state index is 0.210. The molecule has 0 saturated heterocycles. The second-order valence-corrected chi connectivity index (χ2v) is 7.67. The van der Waals surface area contributed by atoms with Gasteiger partial charge in [-0.3, -0.25) is 0 Å². The van der Waals surface area contributed by atoms with Crippen LogP contribution in [0.3, 0.4) is 0 Å². The van der Waals surface area contributed by atoms with Crippen LogP contribution in [0, 0.1) is 17.4 Å². The Kier molecular flexibility index (Phi) is 5.51. The van der Waals surface area contributed by atoms with E-state index in [0.717, 1.165) is 10.9 Å². The van der Waals surface area contributed by atoms with E-state index in [1.165, 1.54) is 20.4 Å². The Balaban J connectivity index is 2.06. The van der Waals surface area contributed by atoms with Crippen molar-refractivity contribution in [1.82, 2.24) is 4.57 Å². The Morgan fingerprint density at radius 3 is 2.58 bits per heavy atom. The quantitative estimate of drug-likeness (QED) is 0.274. The Bertz CT molecular complexity index is 970. The van der Waals surface area contributed by atoms with Gasteiger partial charge in [-0.05, 0) is 84.8 Å². The SMILES string of the molecule is C=CCOC(=O)c1ccc2c(c1)c(C)c(C)n2C(C)c1ccc(I)cc1. The van der Waals surface area contributed by atoms with Gasteiger partial charge in [-0.25, -0.2) is 4.79 Å². The molecule has 134 valence electrons. The molecule has 0 amide bonds. The Hall–Kier alpha value is -2.08. The molecular weight excluding hydrogens is 437 g/mol. The molecule has 26 heavy (non-hydrogen) atoms. The highest BCUT2D eigenvalue weighted by molar-refractivity contribution is 14.1. The topological polar surface area (TPSA) is 31.2 Å². The molecule has 1 atom stereocenters. The number of ether oxygens (including phenoxy) is 1. The zero-order valence-corrected chi connectivity index (χ0v) is 17.4. The van der Waals surface area contributed by atoms with E-state index in [9.17, 15) is 4.79 Å². The number of esters is 1. The number of fused-ring (bicyclic) bond motifs is 1. The van der Waals surface area contributed by atoms with E-state index in [-0.39, 0.29) is 18.6 Å². The van der Waals surface area contributed by atoms with E-state index < -0.39 is 0 Å². The fraction of sp³-hybridized carbons (Fsp3) is 0.227. The van der Waals surface area contributed by atoms with E-state index in [1.54, 1.807) is 6.08 Å². The number of aryl methyl sites for hydroxylation is 1.